The highest BCUT2D eigenvalue weighted by Gasteiger charge is 2.31. The van der Waals surface area contributed by atoms with E-state index in [1.807, 2.05) is 42.1 Å². The molecule has 1 aromatic carbocycles. The van der Waals surface area contributed by atoms with Crippen LogP contribution in [-0.2, 0) is 4.79 Å². The predicted octanol–water partition coefficient (Wildman–Crippen LogP) is 1.11. The van der Waals surface area contributed by atoms with E-state index in [9.17, 15) is 4.79 Å². The van der Waals surface area contributed by atoms with Gasteiger partial charge < -0.3 is 15.1 Å². The van der Waals surface area contributed by atoms with Crippen molar-refractivity contribution in [2.24, 2.45) is 0 Å². The number of amides is 1. The van der Waals surface area contributed by atoms with Crippen molar-refractivity contribution in [1.29, 1.82) is 0 Å². The topological polar surface area (TPSA) is 35.6 Å². The Morgan fingerprint density at radius 2 is 2.05 bits per heavy atom. The molecule has 2 rings (SSSR count). The maximum Gasteiger partial charge on any atom is 0.241 e. The molecule has 19 heavy (non-hydrogen) atoms. The standard InChI is InChI=1S/C15H23N3O/c1-12(13-7-5-4-6-8-13)18-10-9-16-14(15(18)19)11-17(2)3/h4-8,12,14,16H,9-11H2,1-3H3. The molecule has 0 radical (unpaired) electrons. The number of rotatable bonds is 4. The van der Waals surface area contributed by atoms with Gasteiger partial charge in [0.2, 0.25) is 5.91 Å². The Balaban J connectivity index is 2.09. The number of hydrogen-bond donors (Lipinski definition) is 1. The molecule has 0 spiro atoms. The second kappa shape index (κ2) is 6.17. The molecule has 1 aromatic rings. The zero-order valence-corrected chi connectivity index (χ0v) is 12.0. The van der Waals surface area contributed by atoms with Crippen LogP contribution in [0.15, 0.2) is 30.3 Å². The number of benzene rings is 1. The van der Waals surface area contributed by atoms with Crippen LogP contribution < -0.4 is 5.32 Å². The van der Waals surface area contributed by atoms with E-state index in [0.29, 0.717) is 0 Å². The molecule has 1 N–H and O–H groups in total. The Bertz CT molecular complexity index is 419. The number of carbonyl (C=O) groups excluding carboxylic acids is 1. The summed E-state index contributed by atoms with van der Waals surface area (Å²) in [6, 6.07) is 10.3. The molecule has 4 nitrogen and oxygen atoms in total. The van der Waals surface area contributed by atoms with Crippen LogP contribution in [0.4, 0.5) is 0 Å². The number of carbonyl (C=O) groups is 1. The summed E-state index contributed by atoms with van der Waals surface area (Å²) >= 11 is 0. The first-order chi connectivity index (χ1) is 9.09. The van der Waals surface area contributed by atoms with Crippen LogP contribution >= 0.6 is 0 Å². The van der Waals surface area contributed by atoms with Gasteiger partial charge in [0.1, 0.15) is 0 Å². The maximum atomic E-state index is 12.5. The van der Waals surface area contributed by atoms with Crippen LogP contribution in [0.25, 0.3) is 0 Å². The first-order valence-electron chi connectivity index (χ1n) is 6.83. The van der Waals surface area contributed by atoms with Gasteiger partial charge in [-0.2, -0.15) is 0 Å². The minimum atomic E-state index is -0.0880. The average Bonchev–Trinajstić information content (AvgIpc) is 2.41. The Hall–Kier alpha value is -1.39. The SMILES string of the molecule is CC(c1ccccc1)N1CCNC(CN(C)C)C1=O. The zero-order chi connectivity index (χ0) is 13.8. The van der Waals surface area contributed by atoms with Gasteiger partial charge in [-0.15, -0.1) is 0 Å². The number of piperazine rings is 1. The van der Waals surface area contributed by atoms with Crippen molar-refractivity contribution in [3.63, 3.8) is 0 Å². The van der Waals surface area contributed by atoms with Crippen molar-refractivity contribution in [3.8, 4) is 0 Å². The Labute approximate surface area is 115 Å². The molecule has 1 aliphatic rings. The molecule has 1 fully saturated rings. The molecule has 104 valence electrons. The number of hydrogen-bond acceptors (Lipinski definition) is 3. The summed E-state index contributed by atoms with van der Waals surface area (Å²) in [6.45, 7) is 4.49. The van der Waals surface area contributed by atoms with E-state index in [4.69, 9.17) is 0 Å². The third kappa shape index (κ3) is 3.33. The number of nitrogens with zero attached hydrogens (tertiary/aromatic N) is 2. The summed E-state index contributed by atoms with van der Waals surface area (Å²) in [5, 5.41) is 3.30. The minimum absolute atomic E-state index is 0.0880. The van der Waals surface area contributed by atoms with Crippen LogP contribution in [0.1, 0.15) is 18.5 Å². The molecule has 2 atom stereocenters. The molecule has 4 heteroatoms. The molecule has 0 saturated carbocycles. The molecule has 0 aromatic heterocycles. The van der Waals surface area contributed by atoms with Crippen LogP contribution in [0.5, 0.6) is 0 Å². The summed E-state index contributed by atoms with van der Waals surface area (Å²) in [5.74, 6) is 0.205. The average molecular weight is 261 g/mol. The van der Waals surface area contributed by atoms with Gasteiger partial charge in [-0.3, -0.25) is 4.79 Å². The summed E-state index contributed by atoms with van der Waals surface area (Å²) in [7, 11) is 3.99. The van der Waals surface area contributed by atoms with Gasteiger partial charge in [0, 0.05) is 19.6 Å². The fraction of sp³-hybridized carbons (Fsp3) is 0.533. The molecule has 1 amide bonds. The fourth-order valence-electron chi connectivity index (χ4n) is 2.56. The highest BCUT2D eigenvalue weighted by molar-refractivity contribution is 5.83. The first kappa shape index (κ1) is 14.0. The van der Waals surface area contributed by atoms with E-state index in [1.165, 1.54) is 5.56 Å². The lowest BCUT2D eigenvalue weighted by Crippen LogP contribution is -2.58. The summed E-state index contributed by atoms with van der Waals surface area (Å²) in [4.78, 5) is 16.5. The van der Waals surface area contributed by atoms with E-state index < -0.39 is 0 Å². The predicted molar refractivity (Wildman–Crippen MR) is 76.9 cm³/mol. The smallest absolute Gasteiger partial charge is 0.241 e. The van der Waals surface area contributed by atoms with Crippen molar-refractivity contribution in [1.82, 2.24) is 15.1 Å². The first-order valence-corrected chi connectivity index (χ1v) is 6.83. The summed E-state index contributed by atoms with van der Waals surface area (Å²) in [5.41, 5.74) is 1.20. The van der Waals surface area contributed by atoms with Crippen molar-refractivity contribution in [2.45, 2.75) is 19.0 Å². The van der Waals surface area contributed by atoms with E-state index >= 15 is 0 Å². The van der Waals surface area contributed by atoms with Gasteiger partial charge in [-0.1, -0.05) is 30.3 Å². The molecule has 1 saturated heterocycles. The molecule has 0 bridgehead atoms. The second-order valence-electron chi connectivity index (χ2n) is 5.39. The summed E-state index contributed by atoms with van der Waals surface area (Å²) in [6.07, 6.45) is 0. The number of likely N-dealkylation sites (N-methyl/N-ethyl adjacent to an activating group) is 1. The normalized spacial score (nSPS) is 21.8. The van der Waals surface area contributed by atoms with Gasteiger partial charge >= 0.3 is 0 Å². The van der Waals surface area contributed by atoms with Crippen molar-refractivity contribution in [3.05, 3.63) is 35.9 Å². The van der Waals surface area contributed by atoms with E-state index in [-0.39, 0.29) is 18.0 Å². The molecule has 1 heterocycles. The van der Waals surface area contributed by atoms with Crippen LogP contribution in [-0.4, -0.2) is 55.5 Å². The number of nitrogens with one attached hydrogen (secondary N) is 1. The maximum absolute atomic E-state index is 12.5. The lowest BCUT2D eigenvalue weighted by atomic mass is 10.0. The van der Waals surface area contributed by atoms with Crippen LogP contribution in [0.2, 0.25) is 0 Å². The lowest BCUT2D eigenvalue weighted by Gasteiger charge is -2.38. The monoisotopic (exact) mass is 261 g/mol. The third-order valence-corrected chi connectivity index (χ3v) is 3.62. The Morgan fingerprint density at radius 1 is 1.37 bits per heavy atom. The molecule has 0 aliphatic carbocycles. The van der Waals surface area contributed by atoms with E-state index in [1.54, 1.807) is 0 Å². The Morgan fingerprint density at radius 3 is 2.68 bits per heavy atom. The van der Waals surface area contributed by atoms with Crippen molar-refractivity contribution < 1.29 is 4.79 Å². The van der Waals surface area contributed by atoms with Crippen molar-refractivity contribution in [2.75, 3.05) is 33.7 Å². The molecule has 2 unspecified atom stereocenters. The van der Waals surface area contributed by atoms with Crippen LogP contribution in [0, 0.1) is 0 Å². The molecule has 1 aliphatic heterocycles. The van der Waals surface area contributed by atoms with Crippen molar-refractivity contribution >= 4 is 5.91 Å². The minimum Gasteiger partial charge on any atom is -0.333 e. The fourth-order valence-corrected chi connectivity index (χ4v) is 2.56. The van der Waals surface area contributed by atoms with Gasteiger partial charge in [-0.25, -0.2) is 0 Å². The quantitative estimate of drug-likeness (QED) is 0.882. The largest absolute Gasteiger partial charge is 0.333 e. The second-order valence-corrected chi connectivity index (χ2v) is 5.39. The van der Waals surface area contributed by atoms with Crippen LogP contribution in [0.3, 0.4) is 0 Å². The van der Waals surface area contributed by atoms with Gasteiger partial charge in [0.15, 0.2) is 0 Å². The highest BCUT2D eigenvalue weighted by atomic mass is 16.2. The van der Waals surface area contributed by atoms with E-state index in [0.717, 1.165) is 19.6 Å². The lowest BCUT2D eigenvalue weighted by molar-refractivity contribution is -0.138. The third-order valence-electron chi connectivity index (χ3n) is 3.62. The van der Waals surface area contributed by atoms with Gasteiger partial charge in [0.25, 0.3) is 0 Å². The van der Waals surface area contributed by atoms with E-state index in [2.05, 4.69) is 24.4 Å². The Kier molecular flexibility index (Phi) is 4.56. The summed E-state index contributed by atoms with van der Waals surface area (Å²) < 4.78 is 0. The molecular formula is C15H23N3O. The highest BCUT2D eigenvalue weighted by Crippen LogP contribution is 2.21. The van der Waals surface area contributed by atoms with Gasteiger partial charge in [0.05, 0.1) is 12.1 Å². The van der Waals surface area contributed by atoms with Gasteiger partial charge in [-0.05, 0) is 26.6 Å². The zero-order valence-electron chi connectivity index (χ0n) is 12.0. The molecular weight excluding hydrogens is 238 g/mol.